The van der Waals surface area contributed by atoms with Crippen LogP contribution in [-0.4, -0.2) is 24.0 Å². The molecule has 2 aromatic rings. The summed E-state index contributed by atoms with van der Waals surface area (Å²) in [7, 11) is 0. The van der Waals surface area contributed by atoms with E-state index in [9.17, 15) is 4.79 Å². The fraction of sp³-hybridized carbons (Fsp3) is 0.500. The maximum absolute atomic E-state index is 11.9. The lowest BCUT2D eigenvalue weighted by atomic mass is 9.93. The summed E-state index contributed by atoms with van der Waals surface area (Å²) >= 11 is 1.53. The van der Waals surface area contributed by atoms with Crippen molar-refractivity contribution in [2.75, 3.05) is 13.1 Å². The van der Waals surface area contributed by atoms with Gasteiger partial charge in [0.2, 0.25) is 5.91 Å². The van der Waals surface area contributed by atoms with Gasteiger partial charge in [-0.25, -0.2) is 4.98 Å². The molecule has 23 heavy (non-hydrogen) atoms. The normalized spacial score (nSPS) is 15.1. The largest absolute Gasteiger partial charge is 0.462 e. The number of hydrogen-bond donors (Lipinski definition) is 2. The second-order valence-corrected chi connectivity index (χ2v) is 6.49. The molecule has 0 unspecified atom stereocenters. The van der Waals surface area contributed by atoms with Crippen molar-refractivity contribution in [1.29, 1.82) is 0 Å². The smallest absolute Gasteiger partial charge is 0.220 e. The highest BCUT2D eigenvalue weighted by Crippen LogP contribution is 2.23. The lowest BCUT2D eigenvalue weighted by Crippen LogP contribution is -2.29. The standard InChI is InChI=1S/C16H21N3O2S.ClH/c20-15(4-3-12-5-7-17-8-6-12)18-10-13-11-22-16(19-13)14-2-1-9-21-14;/h1-2,9,11-12,17H,3-8,10H2,(H,18,20);1H. The van der Waals surface area contributed by atoms with E-state index < -0.39 is 0 Å². The Morgan fingerprint density at radius 2 is 2.26 bits per heavy atom. The zero-order valence-corrected chi connectivity index (χ0v) is 14.5. The number of piperidine rings is 1. The number of carbonyl (C=O) groups excluding carboxylic acids is 1. The van der Waals surface area contributed by atoms with Gasteiger partial charge in [-0.3, -0.25) is 4.79 Å². The van der Waals surface area contributed by atoms with Crippen molar-refractivity contribution in [2.24, 2.45) is 5.92 Å². The molecule has 1 aliphatic rings. The van der Waals surface area contributed by atoms with Crippen molar-refractivity contribution < 1.29 is 9.21 Å². The number of furan rings is 1. The Morgan fingerprint density at radius 3 is 3.00 bits per heavy atom. The molecule has 0 spiro atoms. The summed E-state index contributed by atoms with van der Waals surface area (Å²) in [6, 6.07) is 3.74. The summed E-state index contributed by atoms with van der Waals surface area (Å²) in [4.78, 5) is 16.4. The summed E-state index contributed by atoms with van der Waals surface area (Å²) in [5.41, 5.74) is 0.881. The van der Waals surface area contributed by atoms with Crippen LogP contribution in [0.4, 0.5) is 0 Å². The summed E-state index contributed by atoms with van der Waals surface area (Å²) in [5, 5.41) is 9.12. The van der Waals surface area contributed by atoms with E-state index in [2.05, 4.69) is 15.6 Å². The number of rotatable bonds is 6. The quantitative estimate of drug-likeness (QED) is 0.834. The molecule has 1 fully saturated rings. The minimum absolute atomic E-state index is 0. The summed E-state index contributed by atoms with van der Waals surface area (Å²) in [5.74, 6) is 1.58. The molecular formula is C16H22ClN3O2S. The van der Waals surface area contributed by atoms with Gasteiger partial charge in [-0.1, -0.05) is 0 Å². The Kier molecular flexibility index (Phi) is 7.08. The topological polar surface area (TPSA) is 67.2 Å². The Bertz CT molecular complexity index is 594. The van der Waals surface area contributed by atoms with Crippen LogP contribution in [0.5, 0.6) is 0 Å². The van der Waals surface area contributed by atoms with E-state index in [0.29, 0.717) is 18.9 Å². The van der Waals surface area contributed by atoms with Crippen molar-refractivity contribution in [3.8, 4) is 10.8 Å². The van der Waals surface area contributed by atoms with Crippen LogP contribution in [0.2, 0.25) is 0 Å². The van der Waals surface area contributed by atoms with E-state index in [1.807, 2.05) is 17.5 Å². The number of thiazole rings is 1. The number of nitrogens with one attached hydrogen (secondary N) is 2. The van der Waals surface area contributed by atoms with E-state index in [1.165, 1.54) is 24.2 Å². The fourth-order valence-corrected chi connectivity index (χ4v) is 3.47. The number of carbonyl (C=O) groups is 1. The molecule has 5 nitrogen and oxygen atoms in total. The van der Waals surface area contributed by atoms with E-state index in [0.717, 1.165) is 36.0 Å². The molecule has 2 N–H and O–H groups in total. The first-order chi connectivity index (χ1) is 10.8. The van der Waals surface area contributed by atoms with Crippen LogP contribution in [0.25, 0.3) is 10.8 Å². The van der Waals surface area contributed by atoms with Gasteiger partial charge in [0.05, 0.1) is 18.5 Å². The van der Waals surface area contributed by atoms with Gasteiger partial charge in [0.15, 0.2) is 10.8 Å². The zero-order valence-electron chi connectivity index (χ0n) is 12.9. The second-order valence-electron chi connectivity index (χ2n) is 5.63. The molecule has 0 saturated carbocycles. The lowest BCUT2D eigenvalue weighted by Gasteiger charge is -2.22. The van der Waals surface area contributed by atoms with Crippen LogP contribution >= 0.6 is 23.7 Å². The first-order valence-electron chi connectivity index (χ1n) is 7.77. The first-order valence-corrected chi connectivity index (χ1v) is 8.65. The molecule has 0 bridgehead atoms. The average Bonchev–Trinajstić information content (AvgIpc) is 3.22. The monoisotopic (exact) mass is 355 g/mol. The van der Waals surface area contributed by atoms with Crippen LogP contribution in [0, 0.1) is 5.92 Å². The van der Waals surface area contributed by atoms with E-state index in [1.54, 1.807) is 6.26 Å². The predicted molar refractivity (Wildman–Crippen MR) is 93.7 cm³/mol. The van der Waals surface area contributed by atoms with Crippen LogP contribution in [0.3, 0.4) is 0 Å². The molecule has 0 radical (unpaired) electrons. The van der Waals surface area contributed by atoms with Gasteiger partial charge in [0, 0.05) is 11.8 Å². The van der Waals surface area contributed by atoms with Crippen molar-refractivity contribution in [3.63, 3.8) is 0 Å². The third-order valence-electron chi connectivity index (χ3n) is 3.99. The molecule has 7 heteroatoms. The Hall–Kier alpha value is -1.37. The number of nitrogens with zero attached hydrogens (tertiary/aromatic N) is 1. The SMILES string of the molecule is Cl.O=C(CCC1CCNCC1)NCc1csc(-c2ccco2)n1. The maximum atomic E-state index is 11.9. The minimum atomic E-state index is 0. The minimum Gasteiger partial charge on any atom is -0.462 e. The second kappa shape index (κ2) is 9.05. The maximum Gasteiger partial charge on any atom is 0.220 e. The van der Waals surface area contributed by atoms with Crippen LogP contribution in [0.1, 0.15) is 31.4 Å². The summed E-state index contributed by atoms with van der Waals surface area (Å²) < 4.78 is 5.32. The average molecular weight is 356 g/mol. The highest BCUT2D eigenvalue weighted by Gasteiger charge is 2.14. The van der Waals surface area contributed by atoms with Gasteiger partial charge in [0.1, 0.15) is 0 Å². The lowest BCUT2D eigenvalue weighted by molar-refractivity contribution is -0.121. The highest BCUT2D eigenvalue weighted by molar-refractivity contribution is 7.13. The van der Waals surface area contributed by atoms with Gasteiger partial charge >= 0.3 is 0 Å². The van der Waals surface area contributed by atoms with E-state index in [4.69, 9.17) is 4.42 Å². The zero-order chi connectivity index (χ0) is 15.2. The number of halogens is 1. The molecule has 1 amide bonds. The molecule has 1 aliphatic heterocycles. The molecule has 126 valence electrons. The third kappa shape index (κ3) is 5.34. The van der Waals surface area contributed by atoms with Crippen molar-refractivity contribution in [2.45, 2.75) is 32.2 Å². The van der Waals surface area contributed by atoms with Gasteiger partial charge in [0.25, 0.3) is 0 Å². The van der Waals surface area contributed by atoms with Gasteiger partial charge in [-0.05, 0) is 50.4 Å². The predicted octanol–water partition coefficient (Wildman–Crippen LogP) is 3.22. The molecule has 3 heterocycles. The number of aromatic nitrogens is 1. The molecule has 0 aliphatic carbocycles. The van der Waals surface area contributed by atoms with Gasteiger partial charge < -0.3 is 15.1 Å². The third-order valence-corrected chi connectivity index (χ3v) is 4.89. The van der Waals surface area contributed by atoms with E-state index >= 15 is 0 Å². The Morgan fingerprint density at radius 1 is 1.43 bits per heavy atom. The molecule has 1 saturated heterocycles. The Balaban J connectivity index is 0.00000192. The van der Waals surface area contributed by atoms with Gasteiger partial charge in [-0.2, -0.15) is 0 Å². The van der Waals surface area contributed by atoms with Crippen molar-refractivity contribution in [1.82, 2.24) is 15.6 Å². The summed E-state index contributed by atoms with van der Waals surface area (Å²) in [6.07, 6.45) is 5.61. The first kappa shape index (κ1) is 18.0. The van der Waals surface area contributed by atoms with Crippen LogP contribution in [0.15, 0.2) is 28.2 Å². The van der Waals surface area contributed by atoms with Crippen LogP contribution in [-0.2, 0) is 11.3 Å². The highest BCUT2D eigenvalue weighted by atomic mass is 35.5. The van der Waals surface area contributed by atoms with Gasteiger partial charge in [-0.15, -0.1) is 23.7 Å². The number of hydrogen-bond acceptors (Lipinski definition) is 5. The summed E-state index contributed by atoms with van der Waals surface area (Å²) in [6.45, 7) is 2.66. The molecule has 0 aromatic carbocycles. The Labute approximate surface area is 146 Å². The van der Waals surface area contributed by atoms with E-state index in [-0.39, 0.29) is 18.3 Å². The molecule has 2 aromatic heterocycles. The van der Waals surface area contributed by atoms with Crippen molar-refractivity contribution >= 4 is 29.7 Å². The fourth-order valence-electron chi connectivity index (χ4n) is 2.68. The molecule has 3 rings (SSSR count). The van der Waals surface area contributed by atoms with Crippen LogP contribution < -0.4 is 10.6 Å². The van der Waals surface area contributed by atoms with Crippen molar-refractivity contribution in [3.05, 3.63) is 29.5 Å². The molecular weight excluding hydrogens is 334 g/mol. The molecule has 0 atom stereocenters. The number of amides is 1.